The number of aryl methyl sites for hydroxylation is 1. The molecule has 28 heavy (non-hydrogen) atoms. The van der Waals surface area contributed by atoms with Gasteiger partial charge in [-0.1, -0.05) is 59.2 Å². The lowest BCUT2D eigenvalue weighted by Crippen LogP contribution is -2.30. The highest BCUT2D eigenvalue weighted by Gasteiger charge is 2.24. The number of rotatable bonds is 4. The molecule has 0 amide bonds. The standard InChI is InChI=1S/C18H20N4O2.2C2H6/c1-5-24-18(23)16-15(11(2)3)14(10-19)17(20)22(21-16)13-8-6-12(4)7-9-13;2*1-2/h6-9,11,20H,5H2,1-4H3;2*1-2H3. The van der Waals surface area contributed by atoms with Crippen LogP contribution in [0.25, 0.3) is 5.69 Å². The van der Waals surface area contributed by atoms with Gasteiger partial charge in [0.05, 0.1) is 12.3 Å². The highest BCUT2D eigenvalue weighted by Crippen LogP contribution is 2.21. The molecule has 1 N–H and O–H groups in total. The molecule has 0 unspecified atom stereocenters. The fourth-order valence-corrected chi connectivity index (χ4v) is 2.45. The summed E-state index contributed by atoms with van der Waals surface area (Å²) >= 11 is 0. The Morgan fingerprint density at radius 1 is 1.21 bits per heavy atom. The summed E-state index contributed by atoms with van der Waals surface area (Å²) in [6.07, 6.45) is 0. The molecule has 6 heteroatoms. The third kappa shape index (κ3) is 5.78. The second-order valence-corrected chi connectivity index (χ2v) is 5.72. The third-order valence-corrected chi connectivity index (χ3v) is 3.61. The molecule has 0 spiro atoms. The smallest absolute Gasteiger partial charge is 0.359 e. The molecule has 0 aliphatic carbocycles. The minimum absolute atomic E-state index is 0.0434. The van der Waals surface area contributed by atoms with Crippen LogP contribution in [0.15, 0.2) is 24.3 Å². The van der Waals surface area contributed by atoms with Gasteiger partial charge in [-0.25, -0.2) is 9.48 Å². The summed E-state index contributed by atoms with van der Waals surface area (Å²) in [5.74, 6) is -0.720. The molecule has 2 aromatic rings. The SMILES string of the molecule is CC.CC.CCOC(=O)c1nn(-c2ccc(C)cc2)c(=N)c(C#N)c1C(C)C. The zero-order chi connectivity index (χ0) is 21.9. The number of aromatic nitrogens is 2. The summed E-state index contributed by atoms with van der Waals surface area (Å²) in [5, 5.41) is 22.2. The Morgan fingerprint density at radius 2 is 1.75 bits per heavy atom. The van der Waals surface area contributed by atoms with E-state index in [9.17, 15) is 10.1 Å². The number of esters is 1. The van der Waals surface area contributed by atoms with Crippen LogP contribution in [-0.4, -0.2) is 22.4 Å². The monoisotopic (exact) mass is 384 g/mol. The molecule has 0 bridgehead atoms. The van der Waals surface area contributed by atoms with Gasteiger partial charge >= 0.3 is 5.97 Å². The van der Waals surface area contributed by atoms with Crippen LogP contribution in [0.3, 0.4) is 0 Å². The second kappa shape index (κ2) is 12.4. The van der Waals surface area contributed by atoms with Crippen molar-refractivity contribution in [3.63, 3.8) is 0 Å². The van der Waals surface area contributed by atoms with Crippen molar-refractivity contribution in [2.45, 2.75) is 61.3 Å². The van der Waals surface area contributed by atoms with Crippen molar-refractivity contribution in [3.8, 4) is 11.8 Å². The van der Waals surface area contributed by atoms with Crippen LogP contribution in [0, 0.1) is 23.7 Å². The zero-order valence-corrected chi connectivity index (χ0v) is 18.3. The maximum Gasteiger partial charge on any atom is 0.359 e. The van der Waals surface area contributed by atoms with Crippen molar-refractivity contribution in [1.29, 1.82) is 10.7 Å². The Morgan fingerprint density at radius 3 is 2.18 bits per heavy atom. The van der Waals surface area contributed by atoms with Gasteiger partial charge in [-0.15, -0.1) is 0 Å². The summed E-state index contributed by atoms with van der Waals surface area (Å²) < 4.78 is 6.38. The van der Waals surface area contributed by atoms with E-state index in [4.69, 9.17) is 10.1 Å². The minimum atomic E-state index is -0.585. The molecule has 0 atom stereocenters. The minimum Gasteiger partial charge on any atom is -0.461 e. The van der Waals surface area contributed by atoms with Crippen LogP contribution < -0.4 is 5.49 Å². The number of nitrogens with zero attached hydrogens (tertiary/aromatic N) is 3. The van der Waals surface area contributed by atoms with E-state index in [1.807, 2.05) is 66.7 Å². The first kappa shape index (κ1) is 25.1. The fourth-order valence-electron chi connectivity index (χ4n) is 2.45. The van der Waals surface area contributed by atoms with E-state index in [0.29, 0.717) is 11.3 Å². The highest BCUT2D eigenvalue weighted by atomic mass is 16.5. The summed E-state index contributed by atoms with van der Waals surface area (Å²) in [5.41, 5.74) is 2.31. The van der Waals surface area contributed by atoms with Crippen LogP contribution in [0.5, 0.6) is 0 Å². The number of carbonyl (C=O) groups is 1. The quantitative estimate of drug-likeness (QED) is 0.760. The molecule has 6 nitrogen and oxygen atoms in total. The number of hydrogen-bond acceptors (Lipinski definition) is 5. The van der Waals surface area contributed by atoms with E-state index in [2.05, 4.69) is 5.10 Å². The molecule has 2 rings (SSSR count). The Labute approximate surface area is 168 Å². The summed E-state index contributed by atoms with van der Waals surface area (Å²) in [7, 11) is 0. The van der Waals surface area contributed by atoms with E-state index in [0.717, 1.165) is 5.56 Å². The van der Waals surface area contributed by atoms with Crippen molar-refractivity contribution in [3.05, 3.63) is 52.1 Å². The molecular formula is C22H32N4O2. The average Bonchev–Trinajstić information content (AvgIpc) is 2.71. The molecule has 0 fully saturated rings. The second-order valence-electron chi connectivity index (χ2n) is 5.72. The topological polar surface area (TPSA) is 91.8 Å². The van der Waals surface area contributed by atoms with Gasteiger partial charge in [-0.2, -0.15) is 10.4 Å². The molecule has 152 valence electrons. The van der Waals surface area contributed by atoms with Gasteiger partial charge in [0.2, 0.25) is 0 Å². The normalized spacial score (nSPS) is 9.43. The summed E-state index contributed by atoms with van der Waals surface area (Å²) in [6, 6.07) is 9.41. The Kier molecular flexibility index (Phi) is 11.1. The molecule has 0 aliphatic heterocycles. The van der Waals surface area contributed by atoms with Crippen molar-refractivity contribution in [2.75, 3.05) is 6.61 Å². The number of benzene rings is 1. The van der Waals surface area contributed by atoms with Gasteiger partial charge in [0.25, 0.3) is 0 Å². The fraction of sp³-hybridized carbons (Fsp3) is 0.455. The molecule has 0 aliphatic rings. The van der Waals surface area contributed by atoms with Crippen molar-refractivity contribution in [1.82, 2.24) is 9.78 Å². The predicted octanol–water partition coefficient (Wildman–Crippen LogP) is 4.88. The summed E-state index contributed by atoms with van der Waals surface area (Å²) in [4.78, 5) is 12.3. The highest BCUT2D eigenvalue weighted by molar-refractivity contribution is 5.89. The number of hydrogen-bond donors (Lipinski definition) is 1. The Balaban J connectivity index is 0.00000171. The third-order valence-electron chi connectivity index (χ3n) is 3.61. The van der Waals surface area contributed by atoms with Crippen LogP contribution in [0.2, 0.25) is 0 Å². The first-order chi connectivity index (χ1) is 13.4. The van der Waals surface area contributed by atoms with Gasteiger partial charge in [0.15, 0.2) is 11.2 Å². The number of ether oxygens (including phenoxy) is 1. The Bertz CT molecular complexity index is 860. The number of carbonyl (C=O) groups excluding carboxylic acids is 1. The molecule has 1 aromatic carbocycles. The average molecular weight is 385 g/mol. The van der Waals surface area contributed by atoms with Gasteiger partial charge in [0, 0.05) is 5.56 Å². The molecule has 1 aromatic heterocycles. The van der Waals surface area contributed by atoms with E-state index in [1.54, 1.807) is 19.1 Å². The van der Waals surface area contributed by atoms with E-state index in [-0.39, 0.29) is 29.3 Å². The lowest BCUT2D eigenvalue weighted by Gasteiger charge is -2.16. The molecule has 1 heterocycles. The molecule has 0 radical (unpaired) electrons. The lowest BCUT2D eigenvalue weighted by atomic mass is 9.97. The van der Waals surface area contributed by atoms with Crippen LogP contribution in [0.1, 0.15) is 81.6 Å². The van der Waals surface area contributed by atoms with Crippen molar-refractivity contribution in [2.24, 2.45) is 0 Å². The lowest BCUT2D eigenvalue weighted by molar-refractivity contribution is 0.0515. The van der Waals surface area contributed by atoms with Crippen LogP contribution in [-0.2, 0) is 4.74 Å². The van der Waals surface area contributed by atoms with Gasteiger partial charge < -0.3 is 4.74 Å². The predicted molar refractivity (Wildman–Crippen MR) is 112 cm³/mol. The van der Waals surface area contributed by atoms with E-state index in [1.165, 1.54) is 4.68 Å². The van der Waals surface area contributed by atoms with Crippen LogP contribution in [0.4, 0.5) is 0 Å². The van der Waals surface area contributed by atoms with E-state index < -0.39 is 5.97 Å². The first-order valence-electron chi connectivity index (χ1n) is 9.76. The van der Waals surface area contributed by atoms with Gasteiger partial charge in [0.1, 0.15) is 11.6 Å². The van der Waals surface area contributed by atoms with Gasteiger partial charge in [-0.3, -0.25) is 5.41 Å². The van der Waals surface area contributed by atoms with Gasteiger partial charge in [-0.05, 0) is 31.9 Å². The van der Waals surface area contributed by atoms with Crippen LogP contribution >= 0.6 is 0 Å². The maximum atomic E-state index is 12.3. The first-order valence-corrected chi connectivity index (χ1v) is 9.76. The molecule has 0 saturated carbocycles. The van der Waals surface area contributed by atoms with Crippen molar-refractivity contribution < 1.29 is 9.53 Å². The zero-order valence-electron chi connectivity index (χ0n) is 18.3. The Hall–Kier alpha value is -2.94. The molecule has 0 saturated heterocycles. The van der Waals surface area contributed by atoms with E-state index >= 15 is 0 Å². The largest absolute Gasteiger partial charge is 0.461 e. The summed E-state index contributed by atoms with van der Waals surface area (Å²) in [6.45, 7) is 15.6. The van der Waals surface area contributed by atoms with Crippen molar-refractivity contribution >= 4 is 5.97 Å². The number of nitrogens with one attached hydrogen (secondary N) is 1. The molecular weight excluding hydrogens is 352 g/mol. The maximum absolute atomic E-state index is 12.3. The number of nitriles is 1.